The van der Waals surface area contributed by atoms with Crippen molar-refractivity contribution in [1.82, 2.24) is 14.9 Å². The molecule has 0 bridgehead atoms. The van der Waals surface area contributed by atoms with Gasteiger partial charge in [-0.2, -0.15) is 13.2 Å². The van der Waals surface area contributed by atoms with Crippen molar-refractivity contribution in [3.8, 4) is 0 Å². The molecule has 3 aromatic carbocycles. The number of carbonyl (C=O) groups is 2. The molecule has 12 heteroatoms. The summed E-state index contributed by atoms with van der Waals surface area (Å²) in [7, 11) is 2.03. The molecule has 0 spiro atoms. The highest BCUT2D eigenvalue weighted by Crippen LogP contribution is 2.33. The Bertz CT molecular complexity index is 1600. The number of aromatic amines is 1. The number of nitrogens with zero attached hydrogens (tertiary/aromatic N) is 3. The number of hydrogen-bond donors (Lipinski definition) is 3. The molecule has 4 aromatic rings. The minimum atomic E-state index is -4.71. The number of nitrogens with one attached hydrogen (secondary N) is 3. The van der Waals surface area contributed by atoms with E-state index in [9.17, 15) is 22.8 Å². The molecule has 2 heterocycles. The Balaban J connectivity index is 0.00000387. The van der Waals surface area contributed by atoms with Crippen LogP contribution in [0.1, 0.15) is 39.3 Å². The van der Waals surface area contributed by atoms with Crippen LogP contribution in [-0.4, -0.2) is 59.9 Å². The standard InChI is InChI=1S/C28H26ClF3N6O2.CH4/c1-16-21(29)8-5-9-22(16)34-26(40)19-14-17(33-25(39)18-6-3-4-7-20(18)28(30,31)32)15-23-24(19)36-27(35-23)38-12-10-37(2)11-13-38;/h3-9,14-15H,10-13H2,1-2H3,(H,33,39)(H,34,40)(H,35,36);1H4. The van der Waals surface area contributed by atoms with Gasteiger partial charge in [-0.05, 0) is 55.9 Å². The molecule has 0 saturated carbocycles. The first-order valence-corrected chi connectivity index (χ1v) is 12.9. The van der Waals surface area contributed by atoms with Crippen molar-refractivity contribution in [1.29, 1.82) is 0 Å². The predicted molar refractivity (Wildman–Crippen MR) is 156 cm³/mol. The van der Waals surface area contributed by atoms with Gasteiger partial charge in [-0.1, -0.05) is 37.2 Å². The van der Waals surface area contributed by atoms with E-state index in [1.165, 1.54) is 18.2 Å². The van der Waals surface area contributed by atoms with Crippen LogP contribution in [0.25, 0.3) is 11.0 Å². The maximum Gasteiger partial charge on any atom is 0.417 e. The number of hydrogen-bond acceptors (Lipinski definition) is 5. The summed E-state index contributed by atoms with van der Waals surface area (Å²) in [6, 6.07) is 12.6. The van der Waals surface area contributed by atoms with E-state index in [1.807, 2.05) is 7.05 Å². The van der Waals surface area contributed by atoms with Crippen molar-refractivity contribution >= 4 is 51.8 Å². The number of anilines is 3. The molecule has 1 aliphatic rings. The molecule has 8 nitrogen and oxygen atoms in total. The van der Waals surface area contributed by atoms with Crippen LogP contribution in [0.3, 0.4) is 0 Å². The van der Waals surface area contributed by atoms with E-state index in [0.717, 1.165) is 38.3 Å². The number of halogens is 4. The topological polar surface area (TPSA) is 93.4 Å². The smallest absolute Gasteiger partial charge is 0.340 e. The van der Waals surface area contributed by atoms with Gasteiger partial charge >= 0.3 is 6.18 Å². The van der Waals surface area contributed by atoms with Gasteiger partial charge < -0.3 is 25.4 Å². The van der Waals surface area contributed by atoms with Gasteiger partial charge in [-0.15, -0.1) is 0 Å². The maximum absolute atomic E-state index is 13.5. The highest BCUT2D eigenvalue weighted by Gasteiger charge is 2.35. The van der Waals surface area contributed by atoms with Gasteiger partial charge in [0.15, 0.2) is 0 Å². The second kappa shape index (κ2) is 11.8. The number of likely N-dealkylation sites (N-methyl/N-ethyl adjacent to an activating group) is 1. The fourth-order valence-electron chi connectivity index (χ4n) is 4.58. The lowest BCUT2D eigenvalue weighted by atomic mass is 10.1. The Kier molecular flexibility index (Phi) is 8.60. The van der Waals surface area contributed by atoms with Crippen molar-refractivity contribution in [2.75, 3.05) is 48.8 Å². The average Bonchev–Trinajstić information content (AvgIpc) is 3.35. The van der Waals surface area contributed by atoms with Crippen molar-refractivity contribution in [3.05, 3.63) is 81.9 Å². The Labute approximate surface area is 240 Å². The molecule has 3 N–H and O–H groups in total. The van der Waals surface area contributed by atoms with Gasteiger partial charge in [-0.25, -0.2) is 4.98 Å². The van der Waals surface area contributed by atoms with E-state index in [-0.39, 0.29) is 18.7 Å². The maximum atomic E-state index is 13.5. The van der Waals surface area contributed by atoms with Gasteiger partial charge in [0.2, 0.25) is 5.95 Å². The molecule has 1 aliphatic heterocycles. The largest absolute Gasteiger partial charge is 0.417 e. The summed E-state index contributed by atoms with van der Waals surface area (Å²) in [5, 5.41) is 5.84. The molecule has 0 unspecified atom stereocenters. The summed E-state index contributed by atoms with van der Waals surface area (Å²) < 4.78 is 40.6. The molecule has 1 fully saturated rings. The Morgan fingerprint density at radius 1 is 0.951 bits per heavy atom. The molecule has 0 radical (unpaired) electrons. The molecular weight excluding hydrogens is 557 g/mol. The van der Waals surface area contributed by atoms with Crippen molar-refractivity contribution in [2.24, 2.45) is 0 Å². The van der Waals surface area contributed by atoms with Gasteiger partial charge in [-0.3, -0.25) is 9.59 Å². The van der Waals surface area contributed by atoms with Crippen LogP contribution in [0, 0.1) is 6.92 Å². The molecule has 0 atom stereocenters. The van der Waals surface area contributed by atoms with Crippen molar-refractivity contribution < 1.29 is 22.8 Å². The molecule has 5 rings (SSSR count). The monoisotopic (exact) mass is 586 g/mol. The molecule has 1 aromatic heterocycles. The molecule has 41 heavy (non-hydrogen) atoms. The zero-order valence-electron chi connectivity index (χ0n) is 21.7. The quantitative estimate of drug-likeness (QED) is 0.250. The number of carbonyl (C=O) groups excluding carboxylic acids is 2. The first-order valence-electron chi connectivity index (χ1n) is 12.5. The van der Waals surface area contributed by atoms with E-state index >= 15 is 0 Å². The van der Waals surface area contributed by atoms with Gasteiger partial charge in [0.05, 0.1) is 22.2 Å². The molecular formula is C29H30ClF3N6O2. The second-order valence-corrected chi connectivity index (χ2v) is 10.0. The summed E-state index contributed by atoms with van der Waals surface area (Å²) in [6.45, 7) is 4.87. The summed E-state index contributed by atoms with van der Waals surface area (Å²) in [4.78, 5) is 38.7. The number of imidazole rings is 1. The highest BCUT2D eigenvalue weighted by atomic mass is 35.5. The summed E-state index contributed by atoms with van der Waals surface area (Å²) in [5.41, 5.74) is 0.656. The van der Waals surface area contributed by atoms with Crippen LogP contribution in [0.4, 0.5) is 30.5 Å². The molecule has 2 amide bonds. The zero-order valence-corrected chi connectivity index (χ0v) is 22.5. The fraction of sp³-hybridized carbons (Fsp3) is 0.276. The Hall–Kier alpha value is -4.09. The fourth-order valence-corrected chi connectivity index (χ4v) is 4.75. The van der Waals surface area contributed by atoms with Crippen LogP contribution >= 0.6 is 11.6 Å². The lowest BCUT2D eigenvalue weighted by Gasteiger charge is -2.32. The Morgan fingerprint density at radius 2 is 1.63 bits per heavy atom. The third-order valence-corrected chi connectivity index (χ3v) is 7.28. The average molecular weight is 587 g/mol. The first kappa shape index (κ1) is 29.9. The number of H-pyrrole nitrogens is 1. The first-order chi connectivity index (χ1) is 19.0. The number of aromatic nitrogens is 2. The van der Waals surface area contributed by atoms with Gasteiger partial charge in [0.1, 0.15) is 5.52 Å². The number of amides is 2. The van der Waals surface area contributed by atoms with Crippen LogP contribution in [0.5, 0.6) is 0 Å². The van der Waals surface area contributed by atoms with Crippen LogP contribution in [0.15, 0.2) is 54.6 Å². The number of fused-ring (bicyclic) bond motifs is 1. The number of alkyl halides is 3. The van der Waals surface area contributed by atoms with E-state index in [2.05, 4.69) is 25.4 Å². The minimum Gasteiger partial charge on any atom is -0.340 e. The minimum absolute atomic E-state index is 0. The number of piperazine rings is 1. The number of benzene rings is 3. The SMILES string of the molecule is C.Cc1c(Cl)cccc1NC(=O)c1cc(NC(=O)c2ccccc2C(F)(F)F)cc2[nH]c(N3CCN(C)CC3)nc12. The Morgan fingerprint density at radius 3 is 2.34 bits per heavy atom. The van der Waals surface area contributed by atoms with Crippen LogP contribution < -0.4 is 15.5 Å². The second-order valence-electron chi connectivity index (χ2n) is 9.63. The lowest BCUT2D eigenvalue weighted by Crippen LogP contribution is -2.44. The van der Waals surface area contributed by atoms with E-state index in [0.29, 0.717) is 33.3 Å². The summed E-state index contributed by atoms with van der Waals surface area (Å²) in [6.07, 6.45) is -4.71. The third kappa shape index (κ3) is 6.31. The molecule has 1 saturated heterocycles. The van der Waals surface area contributed by atoms with Crippen LogP contribution in [0.2, 0.25) is 5.02 Å². The third-order valence-electron chi connectivity index (χ3n) is 6.87. The zero-order chi connectivity index (χ0) is 28.6. The molecule has 216 valence electrons. The van der Waals surface area contributed by atoms with Crippen LogP contribution in [-0.2, 0) is 6.18 Å². The van der Waals surface area contributed by atoms with Crippen molar-refractivity contribution in [2.45, 2.75) is 20.5 Å². The summed E-state index contributed by atoms with van der Waals surface area (Å²) in [5.74, 6) is -0.913. The summed E-state index contributed by atoms with van der Waals surface area (Å²) >= 11 is 6.22. The van der Waals surface area contributed by atoms with Gasteiger partial charge in [0.25, 0.3) is 11.8 Å². The van der Waals surface area contributed by atoms with Crippen molar-refractivity contribution in [3.63, 3.8) is 0 Å². The lowest BCUT2D eigenvalue weighted by molar-refractivity contribution is -0.137. The highest BCUT2D eigenvalue weighted by molar-refractivity contribution is 6.31. The molecule has 0 aliphatic carbocycles. The number of rotatable bonds is 5. The van der Waals surface area contributed by atoms with E-state index in [4.69, 9.17) is 16.6 Å². The van der Waals surface area contributed by atoms with Gasteiger partial charge in [0, 0.05) is 42.6 Å². The van der Waals surface area contributed by atoms with E-state index < -0.39 is 29.1 Å². The predicted octanol–water partition coefficient (Wildman–Crippen LogP) is 6.44. The van der Waals surface area contributed by atoms with E-state index in [1.54, 1.807) is 31.2 Å². The normalized spacial score (nSPS) is 14.0.